The van der Waals surface area contributed by atoms with Crippen molar-refractivity contribution < 1.29 is 4.79 Å². The number of carbonyl (C=O) groups excluding carboxylic acids is 1. The highest BCUT2D eigenvalue weighted by atomic mass is 35.5. The zero-order valence-electron chi connectivity index (χ0n) is 10.8. The quantitative estimate of drug-likeness (QED) is 0.814. The van der Waals surface area contributed by atoms with Gasteiger partial charge in [-0.3, -0.25) is 4.79 Å². The van der Waals surface area contributed by atoms with E-state index in [1.54, 1.807) is 0 Å². The number of carbonyl (C=O) groups is 1. The predicted octanol–water partition coefficient (Wildman–Crippen LogP) is 2.25. The first-order valence-corrected chi connectivity index (χ1v) is 6.77. The lowest BCUT2D eigenvalue weighted by Gasteiger charge is -2.41. The molecule has 1 amide bonds. The van der Waals surface area contributed by atoms with E-state index in [1.165, 1.54) is 38.5 Å². The second-order valence-corrected chi connectivity index (χ2v) is 5.43. The van der Waals surface area contributed by atoms with Crippen LogP contribution in [-0.4, -0.2) is 25.0 Å². The van der Waals surface area contributed by atoms with Crippen LogP contribution in [0.4, 0.5) is 0 Å². The topological polar surface area (TPSA) is 41.1 Å². The Kier molecular flexibility index (Phi) is 5.74. The molecule has 17 heavy (non-hydrogen) atoms. The Hall–Kier alpha value is -0.280. The highest BCUT2D eigenvalue weighted by Gasteiger charge is 2.35. The van der Waals surface area contributed by atoms with Crippen molar-refractivity contribution in [3.8, 4) is 0 Å². The zero-order valence-corrected chi connectivity index (χ0v) is 11.6. The van der Waals surface area contributed by atoms with Gasteiger partial charge in [0.05, 0.1) is 6.04 Å². The van der Waals surface area contributed by atoms with Crippen molar-refractivity contribution in [2.75, 3.05) is 13.1 Å². The third-order valence-electron chi connectivity index (χ3n) is 4.43. The Balaban J connectivity index is 0.00000144. The second kappa shape index (κ2) is 6.60. The summed E-state index contributed by atoms with van der Waals surface area (Å²) in [4.78, 5) is 11.9. The van der Waals surface area contributed by atoms with Crippen molar-refractivity contribution in [1.29, 1.82) is 0 Å². The Bertz CT molecular complexity index is 242. The largest absolute Gasteiger partial charge is 0.354 e. The van der Waals surface area contributed by atoms with E-state index in [9.17, 15) is 4.79 Å². The van der Waals surface area contributed by atoms with E-state index in [4.69, 9.17) is 0 Å². The number of nitrogens with one attached hydrogen (secondary N) is 2. The van der Waals surface area contributed by atoms with Crippen molar-refractivity contribution in [1.82, 2.24) is 10.6 Å². The molecule has 0 aromatic heterocycles. The maximum absolute atomic E-state index is 11.9. The molecule has 1 heterocycles. The molecule has 2 aliphatic rings. The maximum atomic E-state index is 11.9. The van der Waals surface area contributed by atoms with E-state index in [1.807, 2.05) is 0 Å². The zero-order chi connectivity index (χ0) is 11.4. The number of hydrogen-bond donors (Lipinski definition) is 2. The molecule has 1 saturated carbocycles. The first-order valence-electron chi connectivity index (χ1n) is 6.77. The molecule has 2 fully saturated rings. The standard InChI is InChI=1S/C13H24N2O.ClH/c1-2-13(7-5-8-13)10-15-12(16)11-6-3-4-9-14-11;/h11,14H,2-10H2,1H3,(H,15,16);1H. The van der Waals surface area contributed by atoms with Crippen LogP contribution in [0.15, 0.2) is 0 Å². The van der Waals surface area contributed by atoms with Gasteiger partial charge in [-0.1, -0.05) is 19.8 Å². The maximum Gasteiger partial charge on any atom is 0.237 e. The molecule has 0 spiro atoms. The molecule has 3 nitrogen and oxygen atoms in total. The average molecular weight is 261 g/mol. The van der Waals surface area contributed by atoms with Gasteiger partial charge in [-0.05, 0) is 44.1 Å². The van der Waals surface area contributed by atoms with E-state index < -0.39 is 0 Å². The normalized spacial score (nSPS) is 26.5. The molecular weight excluding hydrogens is 236 g/mol. The molecule has 1 unspecified atom stereocenters. The van der Waals surface area contributed by atoms with Gasteiger partial charge >= 0.3 is 0 Å². The molecular formula is C13H25ClN2O. The van der Waals surface area contributed by atoms with Crippen LogP contribution in [-0.2, 0) is 4.79 Å². The molecule has 100 valence electrons. The molecule has 0 bridgehead atoms. The summed E-state index contributed by atoms with van der Waals surface area (Å²) in [6.07, 6.45) is 8.53. The summed E-state index contributed by atoms with van der Waals surface area (Å²) in [5.41, 5.74) is 0.435. The third-order valence-corrected chi connectivity index (χ3v) is 4.43. The van der Waals surface area contributed by atoms with Gasteiger partial charge < -0.3 is 10.6 Å². The fourth-order valence-electron chi connectivity index (χ4n) is 2.81. The summed E-state index contributed by atoms with van der Waals surface area (Å²) in [6.45, 7) is 4.13. The van der Waals surface area contributed by atoms with Crippen molar-refractivity contribution >= 4 is 18.3 Å². The first kappa shape index (κ1) is 14.8. The summed E-state index contributed by atoms with van der Waals surface area (Å²) in [7, 11) is 0. The van der Waals surface area contributed by atoms with Crippen LogP contribution in [0.2, 0.25) is 0 Å². The van der Waals surface area contributed by atoms with Crippen molar-refractivity contribution in [3.05, 3.63) is 0 Å². The minimum Gasteiger partial charge on any atom is -0.354 e. The Morgan fingerprint density at radius 3 is 2.59 bits per heavy atom. The second-order valence-electron chi connectivity index (χ2n) is 5.43. The van der Waals surface area contributed by atoms with Crippen LogP contribution in [0.1, 0.15) is 51.9 Å². The number of rotatable bonds is 4. The first-order chi connectivity index (χ1) is 7.76. The molecule has 1 saturated heterocycles. The van der Waals surface area contributed by atoms with Gasteiger partial charge in [0.2, 0.25) is 5.91 Å². The molecule has 1 aliphatic heterocycles. The van der Waals surface area contributed by atoms with Crippen LogP contribution in [0.25, 0.3) is 0 Å². The van der Waals surface area contributed by atoms with Crippen LogP contribution < -0.4 is 10.6 Å². The van der Waals surface area contributed by atoms with Gasteiger partial charge in [0.1, 0.15) is 0 Å². The Labute approximate surface area is 111 Å². The number of piperidine rings is 1. The fourth-order valence-corrected chi connectivity index (χ4v) is 2.81. The fraction of sp³-hybridized carbons (Fsp3) is 0.923. The van der Waals surface area contributed by atoms with Crippen molar-refractivity contribution in [2.45, 2.75) is 57.9 Å². The van der Waals surface area contributed by atoms with Gasteiger partial charge in [0.15, 0.2) is 0 Å². The molecule has 1 atom stereocenters. The SMILES string of the molecule is CCC1(CNC(=O)C2CCCCN2)CCC1.Cl. The number of amides is 1. The van der Waals surface area contributed by atoms with Crippen LogP contribution in [0.3, 0.4) is 0 Å². The summed E-state index contributed by atoms with van der Waals surface area (Å²) < 4.78 is 0. The summed E-state index contributed by atoms with van der Waals surface area (Å²) in [5.74, 6) is 0.222. The van der Waals surface area contributed by atoms with E-state index in [2.05, 4.69) is 17.6 Å². The number of hydrogen-bond acceptors (Lipinski definition) is 2. The van der Waals surface area contributed by atoms with E-state index in [0.717, 1.165) is 19.5 Å². The van der Waals surface area contributed by atoms with Crippen molar-refractivity contribution in [2.24, 2.45) is 5.41 Å². The summed E-state index contributed by atoms with van der Waals surface area (Å²) in [6, 6.07) is 0.0720. The van der Waals surface area contributed by atoms with Crippen LogP contribution in [0, 0.1) is 5.41 Å². The third kappa shape index (κ3) is 3.59. The van der Waals surface area contributed by atoms with Gasteiger partial charge in [0, 0.05) is 6.54 Å². The molecule has 0 radical (unpaired) electrons. The summed E-state index contributed by atoms with van der Waals surface area (Å²) in [5, 5.41) is 6.44. The minimum atomic E-state index is 0. The van der Waals surface area contributed by atoms with Gasteiger partial charge in [-0.25, -0.2) is 0 Å². The molecule has 2 rings (SSSR count). The molecule has 0 aromatic carbocycles. The van der Waals surface area contributed by atoms with E-state index in [0.29, 0.717) is 5.41 Å². The minimum absolute atomic E-state index is 0. The molecule has 1 aliphatic carbocycles. The van der Waals surface area contributed by atoms with E-state index in [-0.39, 0.29) is 24.4 Å². The molecule has 4 heteroatoms. The van der Waals surface area contributed by atoms with Crippen LogP contribution >= 0.6 is 12.4 Å². The predicted molar refractivity (Wildman–Crippen MR) is 72.5 cm³/mol. The summed E-state index contributed by atoms with van der Waals surface area (Å²) >= 11 is 0. The Morgan fingerprint density at radius 2 is 2.12 bits per heavy atom. The van der Waals surface area contributed by atoms with E-state index >= 15 is 0 Å². The average Bonchev–Trinajstić information content (AvgIpc) is 2.29. The smallest absolute Gasteiger partial charge is 0.237 e. The molecule has 0 aromatic rings. The van der Waals surface area contributed by atoms with Gasteiger partial charge in [0.25, 0.3) is 0 Å². The lowest BCUT2D eigenvalue weighted by Crippen LogP contribution is -2.50. The lowest BCUT2D eigenvalue weighted by atomic mass is 9.67. The molecule has 2 N–H and O–H groups in total. The highest BCUT2D eigenvalue weighted by molar-refractivity contribution is 5.85. The van der Waals surface area contributed by atoms with Crippen molar-refractivity contribution in [3.63, 3.8) is 0 Å². The van der Waals surface area contributed by atoms with Crippen LogP contribution in [0.5, 0.6) is 0 Å². The van der Waals surface area contributed by atoms with Gasteiger partial charge in [-0.15, -0.1) is 12.4 Å². The Morgan fingerprint density at radius 1 is 1.35 bits per heavy atom. The highest BCUT2D eigenvalue weighted by Crippen LogP contribution is 2.43. The monoisotopic (exact) mass is 260 g/mol. The number of halogens is 1. The van der Waals surface area contributed by atoms with Gasteiger partial charge in [-0.2, -0.15) is 0 Å². The lowest BCUT2D eigenvalue weighted by molar-refractivity contribution is -0.124.